The van der Waals surface area contributed by atoms with Gasteiger partial charge in [0.15, 0.2) is 9.84 Å². The van der Waals surface area contributed by atoms with E-state index in [9.17, 15) is 18.3 Å². The molecule has 2 atom stereocenters. The Kier molecular flexibility index (Phi) is 3.32. The summed E-state index contributed by atoms with van der Waals surface area (Å²) in [5.41, 5.74) is 0. The second kappa shape index (κ2) is 3.98. The summed E-state index contributed by atoms with van der Waals surface area (Å²) in [6.45, 7) is 3.55. The molecule has 0 aromatic rings. The number of hydrogen-bond acceptors (Lipinski definition) is 4. The first kappa shape index (κ1) is 11.7. The SMILES string of the molecule is CC(C)C(=O)CC1CS(=O)(=O)CC1O. The highest BCUT2D eigenvalue weighted by atomic mass is 32.2. The van der Waals surface area contributed by atoms with Crippen molar-refractivity contribution in [1.29, 1.82) is 0 Å². The van der Waals surface area contributed by atoms with Crippen molar-refractivity contribution in [2.75, 3.05) is 11.5 Å². The third kappa shape index (κ3) is 2.78. The predicted octanol–water partition coefficient (Wildman–Crippen LogP) is 0.00710. The molecule has 0 bridgehead atoms. The van der Waals surface area contributed by atoms with Crippen LogP contribution in [0.15, 0.2) is 0 Å². The summed E-state index contributed by atoms with van der Waals surface area (Å²) in [6.07, 6.45) is -0.680. The quantitative estimate of drug-likeness (QED) is 0.727. The molecular formula is C9H16O4S. The monoisotopic (exact) mass is 220 g/mol. The first-order chi connectivity index (χ1) is 6.32. The van der Waals surface area contributed by atoms with Gasteiger partial charge in [0.05, 0.1) is 17.6 Å². The van der Waals surface area contributed by atoms with Gasteiger partial charge in [-0.15, -0.1) is 0 Å². The minimum absolute atomic E-state index is 0.0196. The van der Waals surface area contributed by atoms with E-state index < -0.39 is 21.9 Å². The Morgan fingerprint density at radius 2 is 2.00 bits per heavy atom. The van der Waals surface area contributed by atoms with Crippen LogP contribution in [0, 0.1) is 11.8 Å². The molecule has 0 aliphatic carbocycles. The number of aliphatic hydroxyl groups is 1. The minimum atomic E-state index is -3.12. The number of hydrogen-bond donors (Lipinski definition) is 1. The highest BCUT2D eigenvalue weighted by Gasteiger charge is 2.37. The normalized spacial score (nSPS) is 30.9. The molecule has 1 heterocycles. The van der Waals surface area contributed by atoms with Gasteiger partial charge in [0.25, 0.3) is 0 Å². The predicted molar refractivity (Wildman–Crippen MR) is 52.6 cm³/mol. The number of carbonyl (C=O) groups excluding carboxylic acids is 1. The fraction of sp³-hybridized carbons (Fsp3) is 0.889. The van der Waals surface area contributed by atoms with E-state index in [1.165, 1.54) is 0 Å². The molecule has 1 N–H and O–H groups in total. The maximum absolute atomic E-state index is 11.3. The molecule has 0 radical (unpaired) electrons. The van der Waals surface area contributed by atoms with E-state index >= 15 is 0 Å². The molecule has 1 saturated heterocycles. The Morgan fingerprint density at radius 3 is 2.36 bits per heavy atom. The number of ketones is 1. The van der Waals surface area contributed by atoms with Crippen LogP contribution in [0.3, 0.4) is 0 Å². The maximum atomic E-state index is 11.3. The summed E-state index contributed by atoms with van der Waals surface area (Å²) in [4.78, 5) is 11.3. The number of aliphatic hydroxyl groups excluding tert-OH is 1. The first-order valence-electron chi connectivity index (χ1n) is 4.73. The molecule has 4 nitrogen and oxygen atoms in total. The second-order valence-corrected chi connectivity index (χ2v) is 6.38. The van der Waals surface area contributed by atoms with Gasteiger partial charge in [-0.3, -0.25) is 4.79 Å². The average Bonchev–Trinajstić information content (AvgIpc) is 2.24. The molecule has 5 heteroatoms. The van der Waals surface area contributed by atoms with Gasteiger partial charge in [-0.25, -0.2) is 8.42 Å². The molecule has 1 aliphatic heterocycles. The van der Waals surface area contributed by atoms with E-state index in [0.717, 1.165) is 0 Å². The topological polar surface area (TPSA) is 71.4 Å². The van der Waals surface area contributed by atoms with Crippen LogP contribution in [0.2, 0.25) is 0 Å². The van der Waals surface area contributed by atoms with Crippen LogP contribution in [0.25, 0.3) is 0 Å². The summed E-state index contributed by atoms with van der Waals surface area (Å²) in [7, 11) is -3.12. The van der Waals surface area contributed by atoms with Gasteiger partial charge in [0.1, 0.15) is 5.78 Å². The molecule has 1 rings (SSSR count). The van der Waals surface area contributed by atoms with E-state index in [0.29, 0.717) is 0 Å². The fourth-order valence-electron chi connectivity index (χ4n) is 1.59. The number of carbonyl (C=O) groups is 1. The van der Waals surface area contributed by atoms with E-state index in [2.05, 4.69) is 0 Å². The lowest BCUT2D eigenvalue weighted by atomic mass is 9.94. The lowest BCUT2D eigenvalue weighted by molar-refractivity contribution is -0.123. The van der Waals surface area contributed by atoms with Gasteiger partial charge >= 0.3 is 0 Å². The second-order valence-electron chi connectivity index (χ2n) is 4.23. The standard InChI is InChI=1S/C9H16O4S/c1-6(2)8(10)3-7-4-14(12,13)5-9(7)11/h6-7,9,11H,3-5H2,1-2H3. The van der Waals surface area contributed by atoms with E-state index in [1.54, 1.807) is 13.8 Å². The molecule has 1 aliphatic rings. The zero-order valence-corrected chi connectivity index (χ0v) is 9.25. The Labute approximate surface area is 84.2 Å². The van der Waals surface area contributed by atoms with Crippen molar-refractivity contribution in [3.8, 4) is 0 Å². The van der Waals surface area contributed by atoms with Crippen molar-refractivity contribution in [3.63, 3.8) is 0 Å². The largest absolute Gasteiger partial charge is 0.392 e. The third-order valence-electron chi connectivity index (χ3n) is 2.54. The van der Waals surface area contributed by atoms with E-state index in [-0.39, 0.29) is 29.6 Å². The van der Waals surface area contributed by atoms with Crippen molar-refractivity contribution < 1.29 is 18.3 Å². The highest BCUT2D eigenvalue weighted by molar-refractivity contribution is 7.91. The fourth-order valence-corrected chi connectivity index (χ4v) is 3.51. The summed E-state index contributed by atoms with van der Waals surface area (Å²) < 4.78 is 22.3. The number of Topliss-reactive ketones (excluding diaryl/α,β-unsaturated/α-hetero) is 1. The summed E-state index contributed by atoms with van der Waals surface area (Å²) >= 11 is 0. The average molecular weight is 220 g/mol. The van der Waals surface area contributed by atoms with Gasteiger partial charge in [0, 0.05) is 18.3 Å². The van der Waals surface area contributed by atoms with Crippen LogP contribution in [-0.2, 0) is 14.6 Å². The van der Waals surface area contributed by atoms with Crippen LogP contribution in [0.4, 0.5) is 0 Å². The smallest absolute Gasteiger partial charge is 0.153 e. The molecule has 82 valence electrons. The Bertz CT molecular complexity index is 318. The minimum Gasteiger partial charge on any atom is -0.392 e. The van der Waals surface area contributed by atoms with Gasteiger partial charge in [-0.1, -0.05) is 13.8 Å². The molecule has 2 unspecified atom stereocenters. The molecule has 1 fully saturated rings. The summed E-state index contributed by atoms with van der Waals surface area (Å²) in [5.74, 6) is -0.707. The molecule has 0 aromatic heterocycles. The number of sulfone groups is 1. The summed E-state index contributed by atoms with van der Waals surface area (Å²) in [5, 5.41) is 9.42. The third-order valence-corrected chi connectivity index (χ3v) is 4.33. The zero-order chi connectivity index (χ0) is 10.9. The molecular weight excluding hydrogens is 204 g/mol. The van der Waals surface area contributed by atoms with Crippen molar-refractivity contribution in [2.45, 2.75) is 26.4 Å². The van der Waals surface area contributed by atoms with Gasteiger partial charge < -0.3 is 5.11 Å². The first-order valence-corrected chi connectivity index (χ1v) is 6.55. The van der Waals surface area contributed by atoms with Crippen LogP contribution in [0.5, 0.6) is 0 Å². The number of rotatable bonds is 3. The van der Waals surface area contributed by atoms with Crippen molar-refractivity contribution >= 4 is 15.6 Å². The Morgan fingerprint density at radius 1 is 1.43 bits per heavy atom. The van der Waals surface area contributed by atoms with Gasteiger partial charge in [-0.05, 0) is 0 Å². The van der Waals surface area contributed by atoms with Gasteiger partial charge in [-0.2, -0.15) is 0 Å². The van der Waals surface area contributed by atoms with E-state index in [1.807, 2.05) is 0 Å². The zero-order valence-electron chi connectivity index (χ0n) is 8.43. The van der Waals surface area contributed by atoms with Gasteiger partial charge in [0.2, 0.25) is 0 Å². The maximum Gasteiger partial charge on any atom is 0.153 e. The Balaban J connectivity index is 2.60. The summed E-state index contributed by atoms with van der Waals surface area (Å²) in [6, 6.07) is 0. The molecule has 0 spiro atoms. The van der Waals surface area contributed by atoms with Crippen molar-refractivity contribution in [2.24, 2.45) is 11.8 Å². The van der Waals surface area contributed by atoms with Crippen LogP contribution < -0.4 is 0 Å². The lowest BCUT2D eigenvalue weighted by Crippen LogP contribution is -2.22. The molecule has 14 heavy (non-hydrogen) atoms. The van der Waals surface area contributed by atoms with Crippen LogP contribution in [-0.4, -0.2) is 36.9 Å². The van der Waals surface area contributed by atoms with Crippen molar-refractivity contribution in [3.05, 3.63) is 0 Å². The Hall–Kier alpha value is -0.420. The van der Waals surface area contributed by atoms with Crippen molar-refractivity contribution in [1.82, 2.24) is 0 Å². The highest BCUT2D eigenvalue weighted by Crippen LogP contribution is 2.23. The van der Waals surface area contributed by atoms with E-state index in [4.69, 9.17) is 0 Å². The lowest BCUT2D eigenvalue weighted by Gasteiger charge is -2.12. The molecule has 0 amide bonds. The van der Waals surface area contributed by atoms with Crippen LogP contribution >= 0.6 is 0 Å². The molecule has 0 aromatic carbocycles. The van der Waals surface area contributed by atoms with Crippen LogP contribution in [0.1, 0.15) is 20.3 Å². The molecule has 0 saturated carbocycles.